The van der Waals surface area contributed by atoms with E-state index in [1.807, 2.05) is 0 Å². The van der Waals surface area contributed by atoms with Crippen LogP contribution in [0.15, 0.2) is 0 Å². The molecule has 0 aromatic rings. The van der Waals surface area contributed by atoms with Crippen molar-refractivity contribution in [3.05, 3.63) is 0 Å². The summed E-state index contributed by atoms with van der Waals surface area (Å²) in [6.07, 6.45) is -2.48. The van der Waals surface area contributed by atoms with E-state index >= 15 is 0 Å². The van der Waals surface area contributed by atoms with Gasteiger partial charge in [-0.15, -0.1) is 0 Å². The van der Waals surface area contributed by atoms with Gasteiger partial charge in [0.25, 0.3) is 0 Å². The van der Waals surface area contributed by atoms with Gasteiger partial charge in [-0.2, -0.15) is 0 Å². The third-order valence-electron chi connectivity index (χ3n) is 2.59. The van der Waals surface area contributed by atoms with Crippen molar-refractivity contribution in [2.24, 2.45) is 0 Å². The fraction of sp³-hybridized carbons (Fsp3) is 0.800. The summed E-state index contributed by atoms with van der Waals surface area (Å²) in [7, 11) is 2.54. The molecule has 0 bridgehead atoms. The van der Waals surface area contributed by atoms with Crippen LogP contribution in [0.4, 0.5) is 4.79 Å². The SMILES string of the molecule is CCOC(=O)[C@H]1C[C@H](O)C(OC)N1C(=O)OC. The lowest BCUT2D eigenvalue weighted by Crippen LogP contribution is -2.47. The average molecular weight is 247 g/mol. The van der Waals surface area contributed by atoms with Crippen LogP contribution in [0.1, 0.15) is 13.3 Å². The first-order chi connectivity index (χ1) is 8.06. The van der Waals surface area contributed by atoms with Gasteiger partial charge in [0.1, 0.15) is 12.1 Å². The van der Waals surface area contributed by atoms with Crippen LogP contribution in [0, 0.1) is 0 Å². The van der Waals surface area contributed by atoms with Crippen molar-refractivity contribution in [3.8, 4) is 0 Å². The van der Waals surface area contributed by atoms with Gasteiger partial charge in [0, 0.05) is 13.5 Å². The van der Waals surface area contributed by atoms with Crippen LogP contribution in [0.3, 0.4) is 0 Å². The summed E-state index contributed by atoms with van der Waals surface area (Å²) in [6.45, 7) is 1.87. The number of methoxy groups -OCH3 is 2. The molecule has 98 valence electrons. The molecule has 1 heterocycles. The number of rotatable bonds is 3. The van der Waals surface area contributed by atoms with Crippen LogP contribution in [0.5, 0.6) is 0 Å². The second kappa shape index (κ2) is 5.83. The molecule has 1 rings (SSSR count). The van der Waals surface area contributed by atoms with Crippen molar-refractivity contribution in [2.45, 2.75) is 31.7 Å². The molecule has 1 saturated heterocycles. The van der Waals surface area contributed by atoms with E-state index in [1.54, 1.807) is 6.92 Å². The average Bonchev–Trinajstić information content (AvgIpc) is 2.65. The van der Waals surface area contributed by atoms with Crippen molar-refractivity contribution in [1.29, 1.82) is 0 Å². The first-order valence-corrected chi connectivity index (χ1v) is 5.30. The summed E-state index contributed by atoms with van der Waals surface area (Å²) in [5.41, 5.74) is 0. The highest BCUT2D eigenvalue weighted by Crippen LogP contribution is 2.26. The highest BCUT2D eigenvalue weighted by atomic mass is 16.6. The predicted octanol–water partition coefficient (Wildman–Crippen LogP) is -0.276. The Hall–Kier alpha value is -1.34. The van der Waals surface area contributed by atoms with E-state index in [-0.39, 0.29) is 13.0 Å². The van der Waals surface area contributed by atoms with E-state index in [1.165, 1.54) is 14.2 Å². The molecule has 1 amide bonds. The monoisotopic (exact) mass is 247 g/mol. The lowest BCUT2D eigenvalue weighted by atomic mass is 10.2. The number of ether oxygens (including phenoxy) is 3. The molecule has 0 spiro atoms. The smallest absolute Gasteiger partial charge is 0.412 e. The molecule has 17 heavy (non-hydrogen) atoms. The number of esters is 1. The Morgan fingerprint density at radius 1 is 1.41 bits per heavy atom. The number of aliphatic hydroxyl groups excluding tert-OH is 1. The third-order valence-corrected chi connectivity index (χ3v) is 2.59. The van der Waals surface area contributed by atoms with Crippen LogP contribution in [0.25, 0.3) is 0 Å². The fourth-order valence-corrected chi connectivity index (χ4v) is 1.88. The summed E-state index contributed by atoms with van der Waals surface area (Å²) in [6, 6.07) is -0.873. The first-order valence-electron chi connectivity index (χ1n) is 5.30. The molecule has 0 saturated carbocycles. The Bertz CT molecular complexity index is 295. The molecule has 1 aliphatic heterocycles. The van der Waals surface area contributed by atoms with E-state index in [4.69, 9.17) is 9.47 Å². The predicted molar refractivity (Wildman–Crippen MR) is 56.1 cm³/mol. The van der Waals surface area contributed by atoms with Crippen LogP contribution >= 0.6 is 0 Å². The lowest BCUT2D eigenvalue weighted by molar-refractivity contribution is -0.150. The second-order valence-corrected chi connectivity index (χ2v) is 3.57. The Morgan fingerprint density at radius 3 is 2.53 bits per heavy atom. The Balaban J connectivity index is 2.88. The maximum Gasteiger partial charge on any atom is 0.412 e. The number of likely N-dealkylation sites (tertiary alicyclic amines) is 1. The van der Waals surface area contributed by atoms with Gasteiger partial charge >= 0.3 is 12.1 Å². The fourth-order valence-electron chi connectivity index (χ4n) is 1.88. The molecule has 7 nitrogen and oxygen atoms in total. The quantitative estimate of drug-likeness (QED) is 0.691. The minimum atomic E-state index is -0.937. The summed E-state index contributed by atoms with van der Waals surface area (Å²) in [5.74, 6) is -0.573. The van der Waals surface area contributed by atoms with Crippen LogP contribution < -0.4 is 0 Å². The molecule has 0 aliphatic carbocycles. The van der Waals surface area contributed by atoms with Gasteiger partial charge in [-0.3, -0.25) is 4.90 Å². The Kier molecular flexibility index (Phi) is 4.71. The Labute approximate surface area is 99.2 Å². The molecule has 1 N–H and O–H groups in total. The summed E-state index contributed by atoms with van der Waals surface area (Å²) < 4.78 is 14.4. The Morgan fingerprint density at radius 2 is 2.06 bits per heavy atom. The number of aliphatic hydroxyl groups is 1. The second-order valence-electron chi connectivity index (χ2n) is 3.57. The topological polar surface area (TPSA) is 85.3 Å². The van der Waals surface area contributed by atoms with Crippen molar-refractivity contribution >= 4 is 12.1 Å². The molecule has 1 unspecified atom stereocenters. The first kappa shape index (κ1) is 13.7. The minimum absolute atomic E-state index is 0.0758. The third kappa shape index (κ3) is 2.67. The number of hydrogen-bond donors (Lipinski definition) is 1. The van der Waals surface area contributed by atoms with Crippen molar-refractivity contribution in [3.63, 3.8) is 0 Å². The molecule has 0 aromatic carbocycles. The number of hydrogen-bond acceptors (Lipinski definition) is 6. The molecule has 3 atom stereocenters. The van der Waals surface area contributed by atoms with Gasteiger partial charge in [-0.05, 0) is 6.92 Å². The standard InChI is InChI=1S/C10H17NO6/c1-4-17-9(13)6-5-7(12)8(15-2)11(6)10(14)16-3/h6-8,12H,4-5H2,1-3H3/t6-,7+,8?/m1/s1. The number of carbonyl (C=O) groups is 2. The lowest BCUT2D eigenvalue weighted by Gasteiger charge is -2.26. The zero-order valence-electron chi connectivity index (χ0n) is 10.1. The van der Waals surface area contributed by atoms with Gasteiger partial charge < -0.3 is 19.3 Å². The van der Waals surface area contributed by atoms with Crippen molar-refractivity contribution in [2.75, 3.05) is 20.8 Å². The van der Waals surface area contributed by atoms with Crippen molar-refractivity contribution < 1.29 is 28.9 Å². The van der Waals surface area contributed by atoms with E-state index in [0.29, 0.717) is 0 Å². The van der Waals surface area contributed by atoms with Crippen molar-refractivity contribution in [1.82, 2.24) is 4.90 Å². The van der Waals surface area contributed by atoms with Crippen LogP contribution in [0.2, 0.25) is 0 Å². The summed E-state index contributed by atoms with van der Waals surface area (Å²) in [5, 5.41) is 9.71. The molecule has 1 aliphatic rings. The molecule has 0 aromatic heterocycles. The van der Waals surface area contributed by atoms with E-state index < -0.39 is 30.4 Å². The molecular weight excluding hydrogens is 230 g/mol. The van der Waals surface area contributed by atoms with Gasteiger partial charge in [-0.1, -0.05) is 0 Å². The number of carbonyl (C=O) groups excluding carboxylic acids is 2. The zero-order chi connectivity index (χ0) is 13.0. The molecule has 1 fully saturated rings. The number of nitrogens with zero attached hydrogens (tertiary/aromatic N) is 1. The molecular formula is C10H17NO6. The van der Waals surface area contributed by atoms with E-state index in [0.717, 1.165) is 4.90 Å². The summed E-state index contributed by atoms with van der Waals surface area (Å²) >= 11 is 0. The van der Waals surface area contributed by atoms with E-state index in [2.05, 4.69) is 4.74 Å². The van der Waals surface area contributed by atoms with E-state index in [9.17, 15) is 14.7 Å². The highest BCUT2D eigenvalue weighted by Gasteiger charge is 2.48. The normalized spacial score (nSPS) is 28.0. The van der Waals surface area contributed by atoms with Crippen LogP contribution in [-0.4, -0.2) is 61.3 Å². The largest absolute Gasteiger partial charge is 0.464 e. The van der Waals surface area contributed by atoms with Gasteiger partial charge in [0.05, 0.1) is 13.7 Å². The highest BCUT2D eigenvalue weighted by molar-refractivity contribution is 5.82. The van der Waals surface area contributed by atoms with Crippen LogP contribution in [-0.2, 0) is 19.0 Å². The maximum absolute atomic E-state index is 11.6. The van der Waals surface area contributed by atoms with Gasteiger partial charge in [-0.25, -0.2) is 9.59 Å². The zero-order valence-corrected chi connectivity index (χ0v) is 10.1. The van der Waals surface area contributed by atoms with Gasteiger partial charge in [0.15, 0.2) is 6.23 Å². The molecule has 7 heteroatoms. The van der Waals surface area contributed by atoms with Gasteiger partial charge in [0.2, 0.25) is 0 Å². The molecule has 0 radical (unpaired) electrons. The minimum Gasteiger partial charge on any atom is -0.464 e. The number of amides is 1. The maximum atomic E-state index is 11.6. The summed E-state index contributed by atoms with van der Waals surface area (Å²) in [4.78, 5) is 24.3.